The molecule has 7 nitrogen and oxygen atoms in total. The molecule has 0 amide bonds. The van der Waals surface area contributed by atoms with E-state index in [1.54, 1.807) is 7.11 Å². The van der Waals surface area contributed by atoms with Crippen LogP contribution in [0, 0.1) is 5.82 Å². The molecule has 3 N–H and O–H groups in total. The molecule has 0 unspecified atom stereocenters. The van der Waals surface area contributed by atoms with E-state index >= 15 is 0 Å². The zero-order chi connectivity index (χ0) is 26.2. The number of ether oxygens (including phenoxy) is 1. The highest BCUT2D eigenvalue weighted by molar-refractivity contribution is 5.87. The normalized spacial score (nSPS) is 19.9. The first-order valence-corrected chi connectivity index (χ1v) is 13.0. The van der Waals surface area contributed by atoms with Crippen molar-refractivity contribution in [1.29, 1.82) is 0 Å². The summed E-state index contributed by atoms with van der Waals surface area (Å²) in [6.45, 7) is 4.19. The molecule has 6 rings (SSSR count). The van der Waals surface area contributed by atoms with Crippen LogP contribution in [0.1, 0.15) is 28.4 Å². The number of hydrogen-bond donors (Lipinski definition) is 3. The molecule has 3 aromatic carbocycles. The quantitative estimate of drug-likeness (QED) is 0.356. The highest BCUT2D eigenvalue weighted by Crippen LogP contribution is 2.37. The lowest BCUT2D eigenvalue weighted by Crippen LogP contribution is -2.46. The van der Waals surface area contributed by atoms with Crippen LogP contribution in [0.2, 0.25) is 0 Å². The number of methoxy groups -OCH3 is 1. The van der Waals surface area contributed by atoms with Gasteiger partial charge >= 0.3 is 5.97 Å². The van der Waals surface area contributed by atoms with Crippen molar-refractivity contribution in [2.24, 2.45) is 0 Å². The summed E-state index contributed by atoms with van der Waals surface area (Å²) in [5.41, 5.74) is 6.21. The fourth-order valence-corrected chi connectivity index (χ4v) is 5.81. The van der Waals surface area contributed by atoms with Gasteiger partial charge in [0.25, 0.3) is 0 Å². The number of nitrogens with zero attached hydrogens (tertiary/aromatic N) is 2. The molecule has 196 valence electrons. The first-order valence-electron chi connectivity index (χ1n) is 13.0. The predicted molar refractivity (Wildman–Crippen MR) is 145 cm³/mol. The van der Waals surface area contributed by atoms with Gasteiger partial charge in [-0.3, -0.25) is 15.0 Å². The standard InChI is InChI=1S/C30H31FN4O3/c1-38-27-11-6-19(16-20(27)18-34-12-14-35(15-13-34)22-9-7-21(31)8-10-22)28-29-24(17-26(33-28)30(36)37)23-4-2-3-5-25(23)32-29/h2-11,16,26,28,32-33H,12-15,17-18H2,1H3,(H,36,37)/t26-,28-/m0/s1. The van der Waals surface area contributed by atoms with Crippen molar-refractivity contribution in [3.8, 4) is 5.75 Å². The number of benzene rings is 3. The Bertz CT molecular complexity index is 1460. The first kappa shape index (κ1) is 24.5. The van der Waals surface area contributed by atoms with Gasteiger partial charge in [0.15, 0.2) is 0 Å². The molecule has 38 heavy (non-hydrogen) atoms. The number of fused-ring (bicyclic) bond motifs is 3. The van der Waals surface area contributed by atoms with Gasteiger partial charge in [-0.15, -0.1) is 0 Å². The number of nitrogens with one attached hydrogen (secondary N) is 2. The Morgan fingerprint density at radius 2 is 1.82 bits per heavy atom. The average Bonchev–Trinajstić information content (AvgIpc) is 3.32. The van der Waals surface area contributed by atoms with Crippen molar-refractivity contribution in [3.63, 3.8) is 0 Å². The number of piperazine rings is 1. The second-order valence-corrected chi connectivity index (χ2v) is 10.1. The van der Waals surface area contributed by atoms with Gasteiger partial charge in [0, 0.05) is 67.0 Å². The van der Waals surface area contributed by atoms with E-state index < -0.39 is 12.0 Å². The third-order valence-electron chi connectivity index (χ3n) is 7.81. The number of halogens is 1. The van der Waals surface area contributed by atoms with Gasteiger partial charge < -0.3 is 19.7 Å². The Kier molecular flexibility index (Phi) is 6.51. The average molecular weight is 515 g/mol. The maximum Gasteiger partial charge on any atom is 0.321 e. The summed E-state index contributed by atoms with van der Waals surface area (Å²) >= 11 is 0. The fourth-order valence-electron chi connectivity index (χ4n) is 5.81. The molecule has 1 saturated heterocycles. The van der Waals surface area contributed by atoms with Crippen molar-refractivity contribution in [2.45, 2.75) is 25.0 Å². The predicted octanol–water partition coefficient (Wildman–Crippen LogP) is 4.33. The molecule has 0 radical (unpaired) electrons. The Morgan fingerprint density at radius 1 is 1.05 bits per heavy atom. The smallest absolute Gasteiger partial charge is 0.321 e. The van der Waals surface area contributed by atoms with Crippen LogP contribution < -0.4 is 15.0 Å². The molecule has 0 aliphatic carbocycles. The largest absolute Gasteiger partial charge is 0.496 e. The topological polar surface area (TPSA) is 80.8 Å². The van der Waals surface area contributed by atoms with E-state index in [2.05, 4.69) is 32.2 Å². The van der Waals surface area contributed by atoms with Gasteiger partial charge in [-0.05, 0) is 53.6 Å². The second kappa shape index (κ2) is 10.1. The van der Waals surface area contributed by atoms with Crippen LogP contribution in [0.25, 0.3) is 10.9 Å². The number of para-hydroxylation sites is 1. The third-order valence-corrected chi connectivity index (χ3v) is 7.81. The van der Waals surface area contributed by atoms with E-state index in [0.29, 0.717) is 6.42 Å². The Balaban J connectivity index is 1.26. The van der Waals surface area contributed by atoms with E-state index in [9.17, 15) is 14.3 Å². The summed E-state index contributed by atoms with van der Waals surface area (Å²) in [4.78, 5) is 20.3. The van der Waals surface area contributed by atoms with E-state index in [1.165, 1.54) is 12.1 Å². The molecule has 0 spiro atoms. The van der Waals surface area contributed by atoms with Crippen LogP contribution in [-0.4, -0.2) is 60.3 Å². The minimum atomic E-state index is -0.848. The molecule has 0 saturated carbocycles. The number of aliphatic carboxylic acids is 1. The van der Waals surface area contributed by atoms with Crippen molar-refractivity contribution < 1.29 is 19.0 Å². The van der Waals surface area contributed by atoms with Crippen molar-refractivity contribution >= 4 is 22.6 Å². The van der Waals surface area contributed by atoms with Gasteiger partial charge in [0.05, 0.1) is 13.2 Å². The summed E-state index contributed by atoms with van der Waals surface area (Å²) in [5.74, 6) is -0.253. The number of aromatic nitrogens is 1. The van der Waals surface area contributed by atoms with Gasteiger partial charge in [-0.2, -0.15) is 0 Å². The lowest BCUT2D eigenvalue weighted by molar-refractivity contribution is -0.139. The first-order chi connectivity index (χ1) is 18.5. The molecule has 0 bridgehead atoms. The molecule has 2 aliphatic rings. The molecule has 2 atom stereocenters. The van der Waals surface area contributed by atoms with Crippen LogP contribution in [0.15, 0.2) is 66.7 Å². The number of carboxylic acid groups (broad SMARTS) is 1. The summed E-state index contributed by atoms with van der Waals surface area (Å²) in [7, 11) is 1.68. The molecule has 2 aliphatic heterocycles. The number of carbonyl (C=O) groups is 1. The van der Waals surface area contributed by atoms with Crippen LogP contribution >= 0.6 is 0 Å². The van der Waals surface area contributed by atoms with Crippen molar-refractivity contribution in [3.05, 3.63) is 94.9 Å². The monoisotopic (exact) mass is 514 g/mol. The maximum absolute atomic E-state index is 13.3. The summed E-state index contributed by atoms with van der Waals surface area (Å²) in [6.07, 6.45) is 0.437. The van der Waals surface area contributed by atoms with E-state index in [1.807, 2.05) is 42.5 Å². The minimum absolute atomic E-state index is 0.221. The summed E-state index contributed by atoms with van der Waals surface area (Å²) in [6, 6.07) is 19.9. The second-order valence-electron chi connectivity index (χ2n) is 10.1. The molecule has 1 fully saturated rings. The van der Waals surface area contributed by atoms with Gasteiger partial charge in [0.1, 0.15) is 17.6 Å². The Hall–Kier alpha value is -3.88. The fraction of sp³-hybridized carbons (Fsp3) is 0.300. The molecular weight excluding hydrogens is 483 g/mol. The third kappa shape index (κ3) is 4.61. The van der Waals surface area contributed by atoms with Gasteiger partial charge in [-0.1, -0.05) is 24.3 Å². The van der Waals surface area contributed by atoms with E-state index in [-0.39, 0.29) is 11.9 Å². The Morgan fingerprint density at radius 3 is 2.55 bits per heavy atom. The molecule has 8 heteroatoms. The molecule has 4 aromatic rings. The summed E-state index contributed by atoms with van der Waals surface area (Å²) < 4.78 is 19.0. The summed E-state index contributed by atoms with van der Waals surface area (Å²) in [5, 5.41) is 14.3. The zero-order valence-electron chi connectivity index (χ0n) is 21.3. The highest BCUT2D eigenvalue weighted by atomic mass is 19.1. The number of H-pyrrole nitrogens is 1. The lowest BCUT2D eigenvalue weighted by Gasteiger charge is -2.36. The SMILES string of the molecule is COc1ccc([C@@H]2N[C@H](C(=O)O)Cc3c2[nH]c2ccccc32)cc1CN1CCN(c2ccc(F)cc2)CC1. The van der Waals surface area contributed by atoms with Crippen LogP contribution in [-0.2, 0) is 17.8 Å². The van der Waals surface area contributed by atoms with Crippen molar-refractivity contribution in [2.75, 3.05) is 38.2 Å². The van der Waals surface area contributed by atoms with Crippen LogP contribution in [0.3, 0.4) is 0 Å². The minimum Gasteiger partial charge on any atom is -0.496 e. The number of hydrogen-bond acceptors (Lipinski definition) is 5. The molecular formula is C30H31FN4O3. The number of aromatic amines is 1. The highest BCUT2D eigenvalue weighted by Gasteiger charge is 2.34. The van der Waals surface area contributed by atoms with Crippen LogP contribution in [0.5, 0.6) is 5.75 Å². The zero-order valence-corrected chi connectivity index (χ0v) is 21.3. The lowest BCUT2D eigenvalue weighted by atomic mass is 9.89. The maximum atomic E-state index is 13.3. The number of rotatable bonds is 6. The molecule has 3 heterocycles. The molecule has 1 aromatic heterocycles. The van der Waals surface area contributed by atoms with Crippen LogP contribution in [0.4, 0.5) is 10.1 Å². The Labute approximate surface area is 220 Å². The number of carboxylic acids is 1. The van der Waals surface area contributed by atoms with E-state index in [4.69, 9.17) is 4.74 Å². The van der Waals surface area contributed by atoms with Gasteiger partial charge in [0.2, 0.25) is 0 Å². The van der Waals surface area contributed by atoms with Crippen molar-refractivity contribution in [1.82, 2.24) is 15.2 Å². The number of anilines is 1. The van der Waals surface area contributed by atoms with Gasteiger partial charge in [-0.25, -0.2) is 4.39 Å². The van der Waals surface area contributed by atoms with E-state index in [0.717, 1.165) is 77.4 Å².